The molecule has 0 saturated heterocycles. The van der Waals surface area contributed by atoms with Gasteiger partial charge in [0.25, 0.3) is 5.91 Å². The summed E-state index contributed by atoms with van der Waals surface area (Å²) in [5.41, 5.74) is 3.71. The van der Waals surface area contributed by atoms with Crippen molar-refractivity contribution in [1.29, 1.82) is 0 Å². The summed E-state index contributed by atoms with van der Waals surface area (Å²) < 4.78 is 2.24. The van der Waals surface area contributed by atoms with Gasteiger partial charge in [-0.05, 0) is 48.8 Å². The molecule has 0 bridgehead atoms. The van der Waals surface area contributed by atoms with E-state index in [2.05, 4.69) is 41.5 Å². The number of amides is 1. The SMILES string of the molecule is CCc1ccc(C(C)NC(=O)c2c[nH]c(=S)n2-c2ccccc2)cc1. The molecule has 0 aliphatic heterocycles. The first-order valence-corrected chi connectivity index (χ1v) is 8.76. The van der Waals surface area contributed by atoms with Crippen molar-refractivity contribution in [3.63, 3.8) is 0 Å². The molecule has 0 fully saturated rings. The van der Waals surface area contributed by atoms with E-state index in [9.17, 15) is 4.79 Å². The third-order valence-corrected chi connectivity index (χ3v) is 4.56. The molecule has 1 heterocycles. The van der Waals surface area contributed by atoms with Gasteiger partial charge in [0.1, 0.15) is 5.69 Å². The second-order valence-electron chi connectivity index (χ2n) is 5.94. The van der Waals surface area contributed by atoms with E-state index >= 15 is 0 Å². The van der Waals surface area contributed by atoms with Crippen LogP contribution in [0.15, 0.2) is 60.8 Å². The second kappa shape index (κ2) is 7.49. The Morgan fingerprint density at radius 1 is 1.16 bits per heavy atom. The number of benzene rings is 2. The van der Waals surface area contributed by atoms with Crippen molar-refractivity contribution < 1.29 is 4.79 Å². The molecule has 1 amide bonds. The maximum atomic E-state index is 12.8. The molecule has 0 saturated carbocycles. The van der Waals surface area contributed by atoms with E-state index < -0.39 is 0 Å². The van der Waals surface area contributed by atoms with Crippen molar-refractivity contribution in [2.75, 3.05) is 0 Å². The molecule has 0 aliphatic carbocycles. The number of imidazole rings is 1. The van der Waals surface area contributed by atoms with Crippen LogP contribution in [0.2, 0.25) is 0 Å². The van der Waals surface area contributed by atoms with Crippen LogP contribution in [0.5, 0.6) is 0 Å². The van der Waals surface area contributed by atoms with Crippen LogP contribution in [-0.4, -0.2) is 15.5 Å². The number of para-hydroxylation sites is 1. The molecule has 2 N–H and O–H groups in total. The number of carbonyl (C=O) groups is 1. The fourth-order valence-corrected chi connectivity index (χ4v) is 3.03. The van der Waals surface area contributed by atoms with Gasteiger partial charge in [0.05, 0.1) is 6.04 Å². The smallest absolute Gasteiger partial charge is 0.270 e. The van der Waals surface area contributed by atoms with E-state index in [1.807, 2.05) is 37.3 Å². The predicted octanol–water partition coefficient (Wildman–Crippen LogP) is 4.59. The van der Waals surface area contributed by atoms with Crippen molar-refractivity contribution in [1.82, 2.24) is 14.9 Å². The largest absolute Gasteiger partial charge is 0.344 e. The van der Waals surface area contributed by atoms with Gasteiger partial charge < -0.3 is 10.3 Å². The highest BCUT2D eigenvalue weighted by molar-refractivity contribution is 7.71. The Kier molecular flexibility index (Phi) is 5.14. The van der Waals surface area contributed by atoms with Gasteiger partial charge in [-0.1, -0.05) is 49.4 Å². The number of H-pyrrole nitrogens is 1. The molecule has 0 spiro atoms. The average molecular weight is 351 g/mol. The summed E-state index contributed by atoms with van der Waals surface area (Å²) in [6, 6.07) is 17.8. The standard InChI is InChI=1S/C20H21N3OS/c1-3-15-9-11-16(12-10-15)14(2)22-19(24)18-13-21-20(25)23(18)17-7-5-4-6-8-17/h4-14H,3H2,1-2H3,(H,21,25)(H,22,24). The van der Waals surface area contributed by atoms with Gasteiger partial charge in [-0.3, -0.25) is 9.36 Å². The highest BCUT2D eigenvalue weighted by atomic mass is 32.1. The fourth-order valence-electron chi connectivity index (χ4n) is 2.77. The van der Waals surface area contributed by atoms with E-state index in [-0.39, 0.29) is 11.9 Å². The number of aryl methyl sites for hydroxylation is 1. The Bertz CT molecular complexity index is 910. The molecule has 128 valence electrons. The first-order chi connectivity index (χ1) is 12.1. The Morgan fingerprint density at radius 3 is 2.48 bits per heavy atom. The van der Waals surface area contributed by atoms with E-state index in [1.54, 1.807) is 10.8 Å². The quantitative estimate of drug-likeness (QED) is 0.661. The van der Waals surface area contributed by atoms with Crippen molar-refractivity contribution >= 4 is 18.1 Å². The minimum atomic E-state index is -0.164. The summed E-state index contributed by atoms with van der Waals surface area (Å²) in [5, 5.41) is 3.05. The first kappa shape index (κ1) is 17.2. The maximum Gasteiger partial charge on any atom is 0.270 e. The van der Waals surface area contributed by atoms with Crippen molar-refractivity contribution in [3.05, 3.63) is 82.4 Å². The minimum Gasteiger partial charge on any atom is -0.344 e. The van der Waals surface area contributed by atoms with Gasteiger partial charge in [0.15, 0.2) is 4.77 Å². The Hall–Kier alpha value is -2.66. The van der Waals surface area contributed by atoms with Crippen molar-refractivity contribution in [2.24, 2.45) is 0 Å². The monoisotopic (exact) mass is 351 g/mol. The van der Waals surface area contributed by atoms with E-state index in [0.717, 1.165) is 17.7 Å². The zero-order valence-corrected chi connectivity index (χ0v) is 15.1. The number of hydrogen-bond donors (Lipinski definition) is 2. The lowest BCUT2D eigenvalue weighted by atomic mass is 10.0. The molecule has 3 rings (SSSR count). The Labute approximate surface area is 152 Å². The van der Waals surface area contributed by atoms with Crippen LogP contribution < -0.4 is 5.32 Å². The predicted molar refractivity (Wildman–Crippen MR) is 103 cm³/mol. The lowest BCUT2D eigenvalue weighted by Crippen LogP contribution is -2.28. The molecule has 0 radical (unpaired) electrons. The van der Waals surface area contributed by atoms with Crippen LogP contribution in [0.1, 0.15) is 41.5 Å². The zero-order chi connectivity index (χ0) is 17.8. The van der Waals surface area contributed by atoms with Gasteiger partial charge >= 0.3 is 0 Å². The van der Waals surface area contributed by atoms with E-state index in [0.29, 0.717) is 10.5 Å². The molecule has 5 heteroatoms. The normalized spacial score (nSPS) is 11.9. The summed E-state index contributed by atoms with van der Waals surface area (Å²) in [6.45, 7) is 4.10. The average Bonchev–Trinajstić information content (AvgIpc) is 3.04. The van der Waals surface area contributed by atoms with Crippen LogP contribution in [0.25, 0.3) is 5.69 Å². The van der Waals surface area contributed by atoms with E-state index in [1.165, 1.54) is 5.56 Å². The van der Waals surface area contributed by atoms with Gasteiger partial charge in [0.2, 0.25) is 0 Å². The van der Waals surface area contributed by atoms with Crippen molar-refractivity contribution in [3.8, 4) is 5.69 Å². The third kappa shape index (κ3) is 3.72. The van der Waals surface area contributed by atoms with Crippen LogP contribution in [0.4, 0.5) is 0 Å². The summed E-state index contributed by atoms with van der Waals surface area (Å²) >= 11 is 5.34. The molecule has 1 aromatic heterocycles. The summed E-state index contributed by atoms with van der Waals surface area (Å²) in [5.74, 6) is -0.164. The topological polar surface area (TPSA) is 49.8 Å². The van der Waals surface area contributed by atoms with Gasteiger partial charge in [-0.25, -0.2) is 0 Å². The van der Waals surface area contributed by atoms with Crippen LogP contribution in [-0.2, 0) is 6.42 Å². The minimum absolute atomic E-state index is 0.0916. The lowest BCUT2D eigenvalue weighted by molar-refractivity contribution is 0.0933. The zero-order valence-electron chi connectivity index (χ0n) is 14.3. The molecule has 4 nitrogen and oxygen atoms in total. The highest BCUT2D eigenvalue weighted by Crippen LogP contribution is 2.17. The summed E-state index contributed by atoms with van der Waals surface area (Å²) in [6.07, 6.45) is 2.65. The number of aromatic nitrogens is 2. The fraction of sp³-hybridized carbons (Fsp3) is 0.200. The lowest BCUT2D eigenvalue weighted by Gasteiger charge is -2.15. The number of nitrogens with one attached hydrogen (secondary N) is 2. The van der Waals surface area contributed by atoms with Crippen molar-refractivity contribution in [2.45, 2.75) is 26.3 Å². The first-order valence-electron chi connectivity index (χ1n) is 8.35. The number of carbonyl (C=O) groups excluding carboxylic acids is 1. The number of rotatable bonds is 5. The molecule has 3 aromatic rings. The van der Waals surface area contributed by atoms with E-state index in [4.69, 9.17) is 12.2 Å². The number of nitrogens with zero attached hydrogens (tertiary/aromatic N) is 1. The molecular formula is C20H21N3OS. The Morgan fingerprint density at radius 2 is 1.84 bits per heavy atom. The molecule has 2 aromatic carbocycles. The highest BCUT2D eigenvalue weighted by Gasteiger charge is 2.17. The van der Waals surface area contributed by atoms with Crippen LogP contribution in [0.3, 0.4) is 0 Å². The van der Waals surface area contributed by atoms with Gasteiger partial charge in [0, 0.05) is 11.9 Å². The van der Waals surface area contributed by atoms with Gasteiger partial charge in [-0.15, -0.1) is 0 Å². The van der Waals surface area contributed by atoms with Crippen LogP contribution >= 0.6 is 12.2 Å². The van der Waals surface area contributed by atoms with Gasteiger partial charge in [-0.2, -0.15) is 0 Å². The Balaban J connectivity index is 1.83. The second-order valence-corrected chi connectivity index (χ2v) is 6.33. The molecule has 1 unspecified atom stereocenters. The van der Waals surface area contributed by atoms with Crippen LogP contribution in [0, 0.1) is 4.77 Å². The molecule has 25 heavy (non-hydrogen) atoms. The molecule has 1 atom stereocenters. The third-order valence-electron chi connectivity index (χ3n) is 4.26. The maximum absolute atomic E-state index is 12.8. The summed E-state index contributed by atoms with van der Waals surface area (Å²) in [4.78, 5) is 15.7. The number of hydrogen-bond acceptors (Lipinski definition) is 2. The molecule has 0 aliphatic rings. The number of aromatic amines is 1. The molecular weight excluding hydrogens is 330 g/mol. The summed E-state index contributed by atoms with van der Waals surface area (Å²) in [7, 11) is 0.